The smallest absolute Gasteiger partial charge is 0.231 e. The van der Waals surface area contributed by atoms with Crippen LogP contribution >= 0.6 is 0 Å². The Kier molecular flexibility index (Phi) is 3.74. The fourth-order valence-corrected chi connectivity index (χ4v) is 4.67. The minimum Gasteiger partial charge on any atom is -0.492 e. The molecule has 1 aromatic carbocycles. The van der Waals surface area contributed by atoms with E-state index in [2.05, 4.69) is 33.3 Å². The molecule has 1 unspecified atom stereocenters. The van der Waals surface area contributed by atoms with Crippen LogP contribution in [0.4, 0.5) is 0 Å². The highest BCUT2D eigenvalue weighted by atomic mass is 16.7. The predicted molar refractivity (Wildman–Crippen MR) is 91.7 cm³/mol. The van der Waals surface area contributed by atoms with E-state index in [1.165, 1.54) is 23.3 Å². The summed E-state index contributed by atoms with van der Waals surface area (Å²) in [5, 5.41) is 12.8. The van der Waals surface area contributed by atoms with Gasteiger partial charge in [-0.2, -0.15) is 0 Å². The van der Waals surface area contributed by atoms with Crippen LogP contribution in [0.25, 0.3) is 0 Å². The van der Waals surface area contributed by atoms with Crippen LogP contribution in [0.5, 0.6) is 17.2 Å². The Morgan fingerprint density at radius 3 is 2.92 bits per heavy atom. The van der Waals surface area contributed by atoms with Crippen molar-refractivity contribution in [1.82, 2.24) is 20.2 Å². The summed E-state index contributed by atoms with van der Waals surface area (Å²) in [6.07, 6.45) is 5.76. The molecule has 0 radical (unpaired) electrons. The first kappa shape index (κ1) is 15.9. The monoisotopic (exact) mass is 358 g/mol. The third-order valence-electron chi connectivity index (χ3n) is 5.96. The van der Waals surface area contributed by atoms with Crippen LogP contribution < -0.4 is 19.1 Å². The third-order valence-corrected chi connectivity index (χ3v) is 5.96. The fourth-order valence-electron chi connectivity index (χ4n) is 4.67. The molecule has 3 heterocycles. The lowest BCUT2D eigenvalue weighted by Gasteiger charge is -2.32. The van der Waals surface area contributed by atoms with E-state index in [1.54, 1.807) is 7.11 Å². The molecular weight excluding hydrogens is 334 g/mol. The van der Waals surface area contributed by atoms with Crippen molar-refractivity contribution in [2.75, 3.05) is 27.5 Å². The number of methoxy groups -OCH3 is 1. The number of ether oxygens (including phenoxy) is 3. The van der Waals surface area contributed by atoms with Crippen molar-refractivity contribution >= 4 is 0 Å². The number of nitrogens with one attached hydrogen (secondary N) is 1. The zero-order valence-corrected chi connectivity index (χ0v) is 15.2. The molecule has 0 amide bonds. The number of nitrogens with zero attached hydrogens (tertiary/aromatic N) is 4. The predicted octanol–water partition coefficient (Wildman–Crippen LogP) is 0.686. The summed E-state index contributed by atoms with van der Waals surface area (Å²) in [7, 11) is 3.89. The quantitative estimate of drug-likeness (QED) is 0.870. The van der Waals surface area contributed by atoms with Gasteiger partial charge in [-0.25, -0.2) is 4.68 Å². The molecule has 5 rings (SSSR count). The van der Waals surface area contributed by atoms with Crippen LogP contribution in [0.15, 0.2) is 6.07 Å². The van der Waals surface area contributed by atoms with E-state index in [-0.39, 0.29) is 12.8 Å². The number of aromatic nitrogens is 4. The second kappa shape index (κ2) is 6.12. The van der Waals surface area contributed by atoms with Gasteiger partial charge in [-0.3, -0.25) is 0 Å². The third kappa shape index (κ3) is 2.28. The van der Waals surface area contributed by atoms with E-state index >= 15 is 0 Å². The fraction of sp³-hybridized carbons (Fsp3) is 0.611. The molecule has 1 N–H and O–H groups in total. The number of fused-ring (bicyclic) bond motifs is 2. The molecule has 1 fully saturated rings. The second-order valence-electron chi connectivity index (χ2n) is 7.42. The molecule has 1 aromatic heterocycles. The normalized spacial score (nSPS) is 24.7. The van der Waals surface area contributed by atoms with E-state index in [0.29, 0.717) is 11.8 Å². The first-order chi connectivity index (χ1) is 12.8. The molecular formula is C18H24N5O3+. The average molecular weight is 358 g/mol. The Balaban J connectivity index is 1.67. The Bertz CT molecular complexity index is 830. The van der Waals surface area contributed by atoms with E-state index in [0.717, 1.165) is 48.7 Å². The topological polar surface area (TPSA) is 75.7 Å². The SMILES string of the molecule is COc1c2c(cc3c1[C@@H](c1nnnn1C1CCCC1)[NH+](C)CC3)OCO2. The summed E-state index contributed by atoms with van der Waals surface area (Å²) in [5.74, 6) is 3.16. The largest absolute Gasteiger partial charge is 0.492 e. The highest BCUT2D eigenvalue weighted by Gasteiger charge is 2.41. The molecule has 0 spiro atoms. The van der Waals surface area contributed by atoms with E-state index in [1.807, 2.05) is 0 Å². The van der Waals surface area contributed by atoms with Gasteiger partial charge in [0.2, 0.25) is 18.4 Å². The minimum absolute atomic E-state index is 0.0267. The van der Waals surface area contributed by atoms with E-state index < -0.39 is 0 Å². The van der Waals surface area contributed by atoms with Crippen molar-refractivity contribution in [1.29, 1.82) is 0 Å². The van der Waals surface area contributed by atoms with Gasteiger partial charge >= 0.3 is 0 Å². The number of hydrogen-bond donors (Lipinski definition) is 1. The number of benzene rings is 1. The number of likely N-dealkylation sites (N-methyl/N-ethyl adjacent to an activating group) is 1. The first-order valence-electron chi connectivity index (χ1n) is 9.37. The average Bonchev–Trinajstić information content (AvgIpc) is 3.39. The number of tetrazole rings is 1. The minimum atomic E-state index is 0.0267. The molecule has 8 heteroatoms. The molecule has 3 aliphatic rings. The number of quaternary nitrogens is 1. The molecule has 2 atom stereocenters. The molecule has 1 aliphatic carbocycles. The van der Waals surface area contributed by atoms with Crippen molar-refractivity contribution in [2.24, 2.45) is 0 Å². The Morgan fingerprint density at radius 1 is 1.27 bits per heavy atom. The number of rotatable bonds is 3. The Labute approximate surface area is 152 Å². The summed E-state index contributed by atoms with van der Waals surface area (Å²) in [6, 6.07) is 2.53. The van der Waals surface area contributed by atoms with Gasteiger partial charge in [-0.05, 0) is 34.9 Å². The molecule has 2 aromatic rings. The summed E-state index contributed by atoms with van der Waals surface area (Å²) in [5.41, 5.74) is 2.37. The van der Waals surface area contributed by atoms with Gasteiger partial charge < -0.3 is 19.1 Å². The molecule has 138 valence electrons. The lowest BCUT2D eigenvalue weighted by Crippen LogP contribution is -3.10. The standard InChI is InChI=1S/C18H23N5O3/c1-22-8-7-11-9-13-16(26-10-25-13)17(24-2)14(11)15(22)18-19-20-21-23(18)12-5-3-4-6-12/h9,12,15H,3-8,10H2,1-2H3/p+1/t15-/m0/s1. The van der Waals surface area contributed by atoms with E-state index in [9.17, 15) is 0 Å². The lowest BCUT2D eigenvalue weighted by atomic mass is 9.90. The van der Waals surface area contributed by atoms with Crippen LogP contribution in [0.3, 0.4) is 0 Å². The van der Waals surface area contributed by atoms with Gasteiger partial charge in [0, 0.05) is 6.42 Å². The first-order valence-corrected chi connectivity index (χ1v) is 9.37. The summed E-state index contributed by atoms with van der Waals surface area (Å²) < 4.78 is 19.2. The number of hydrogen-bond acceptors (Lipinski definition) is 6. The van der Waals surface area contributed by atoms with Crippen molar-refractivity contribution in [3.8, 4) is 17.2 Å². The maximum absolute atomic E-state index is 5.80. The zero-order chi connectivity index (χ0) is 17.7. The zero-order valence-electron chi connectivity index (χ0n) is 15.2. The Morgan fingerprint density at radius 2 is 2.12 bits per heavy atom. The van der Waals surface area contributed by atoms with Crippen molar-refractivity contribution in [3.05, 3.63) is 23.0 Å². The van der Waals surface area contributed by atoms with Gasteiger partial charge in [0.25, 0.3) is 0 Å². The van der Waals surface area contributed by atoms with Gasteiger partial charge in [0.15, 0.2) is 17.5 Å². The molecule has 1 saturated carbocycles. The maximum Gasteiger partial charge on any atom is 0.231 e. The molecule has 0 saturated heterocycles. The second-order valence-corrected chi connectivity index (χ2v) is 7.42. The maximum atomic E-state index is 5.80. The van der Waals surface area contributed by atoms with E-state index in [4.69, 9.17) is 14.2 Å². The van der Waals surface area contributed by atoms with Crippen LogP contribution in [0.1, 0.15) is 54.7 Å². The molecule has 8 nitrogen and oxygen atoms in total. The van der Waals surface area contributed by atoms with Crippen LogP contribution in [-0.4, -0.2) is 47.7 Å². The van der Waals surface area contributed by atoms with Crippen molar-refractivity contribution in [2.45, 2.75) is 44.2 Å². The summed E-state index contributed by atoms with van der Waals surface area (Å²) in [4.78, 5) is 1.36. The highest BCUT2D eigenvalue weighted by molar-refractivity contribution is 5.62. The van der Waals surface area contributed by atoms with Gasteiger partial charge in [-0.1, -0.05) is 12.8 Å². The molecule has 26 heavy (non-hydrogen) atoms. The summed E-state index contributed by atoms with van der Waals surface area (Å²) >= 11 is 0. The molecule has 0 bridgehead atoms. The van der Waals surface area contributed by atoms with Crippen molar-refractivity contribution in [3.63, 3.8) is 0 Å². The lowest BCUT2D eigenvalue weighted by molar-refractivity contribution is -0.909. The van der Waals surface area contributed by atoms with Gasteiger partial charge in [-0.15, -0.1) is 5.10 Å². The molecule has 2 aliphatic heterocycles. The van der Waals surface area contributed by atoms with Gasteiger partial charge in [0.1, 0.15) is 0 Å². The van der Waals surface area contributed by atoms with Crippen LogP contribution in [-0.2, 0) is 6.42 Å². The summed E-state index contributed by atoms with van der Waals surface area (Å²) in [6.45, 7) is 1.25. The highest BCUT2D eigenvalue weighted by Crippen LogP contribution is 2.48. The van der Waals surface area contributed by atoms with Gasteiger partial charge in [0.05, 0.1) is 32.3 Å². The Hall–Kier alpha value is -2.35. The van der Waals surface area contributed by atoms with Crippen molar-refractivity contribution < 1.29 is 19.1 Å². The van der Waals surface area contributed by atoms with Crippen LogP contribution in [0, 0.1) is 0 Å². The van der Waals surface area contributed by atoms with Crippen LogP contribution in [0.2, 0.25) is 0 Å².